The largest absolute Gasteiger partial charge is 0.383 e. The van der Waals surface area contributed by atoms with Crippen molar-refractivity contribution in [2.75, 3.05) is 32.6 Å². The number of anilines is 1. The van der Waals surface area contributed by atoms with Crippen molar-refractivity contribution < 1.29 is 14.5 Å². The van der Waals surface area contributed by atoms with E-state index in [1.54, 1.807) is 19.1 Å². The summed E-state index contributed by atoms with van der Waals surface area (Å²) in [7, 11) is 3.17. The van der Waals surface area contributed by atoms with Crippen molar-refractivity contribution in [3.05, 3.63) is 27.9 Å². The Kier molecular flexibility index (Phi) is 6.04. The molecule has 0 bridgehead atoms. The Bertz CT molecular complexity index is 521. The minimum atomic E-state index is -0.571. The van der Waals surface area contributed by atoms with E-state index in [0.717, 1.165) is 6.20 Å². The highest BCUT2D eigenvalue weighted by Gasteiger charge is 2.25. The number of amides is 1. The SMILES string of the molecule is CCN(C(=O)c1cc([N+](=O)[O-])cnc1NC)C(C)COC. The van der Waals surface area contributed by atoms with Gasteiger partial charge < -0.3 is 15.0 Å². The average Bonchev–Trinajstić information content (AvgIpc) is 2.47. The molecule has 0 aromatic carbocycles. The maximum Gasteiger partial charge on any atom is 0.288 e. The maximum atomic E-state index is 12.6. The van der Waals surface area contributed by atoms with E-state index in [-0.39, 0.29) is 23.2 Å². The summed E-state index contributed by atoms with van der Waals surface area (Å²) >= 11 is 0. The molecule has 0 fully saturated rings. The lowest BCUT2D eigenvalue weighted by molar-refractivity contribution is -0.385. The lowest BCUT2D eigenvalue weighted by atomic mass is 10.1. The molecule has 21 heavy (non-hydrogen) atoms. The van der Waals surface area contributed by atoms with E-state index in [9.17, 15) is 14.9 Å². The van der Waals surface area contributed by atoms with Crippen molar-refractivity contribution >= 4 is 17.4 Å². The number of aromatic nitrogens is 1. The van der Waals surface area contributed by atoms with Crippen molar-refractivity contribution in [1.29, 1.82) is 0 Å². The monoisotopic (exact) mass is 296 g/mol. The maximum absolute atomic E-state index is 12.6. The van der Waals surface area contributed by atoms with Crippen LogP contribution in [0, 0.1) is 10.1 Å². The summed E-state index contributed by atoms with van der Waals surface area (Å²) in [6.45, 7) is 4.55. The van der Waals surface area contributed by atoms with E-state index >= 15 is 0 Å². The first kappa shape index (κ1) is 16.8. The van der Waals surface area contributed by atoms with Crippen LogP contribution in [0.3, 0.4) is 0 Å². The molecule has 1 heterocycles. The van der Waals surface area contributed by atoms with Gasteiger partial charge in [0.25, 0.3) is 11.6 Å². The highest BCUT2D eigenvalue weighted by atomic mass is 16.6. The molecular weight excluding hydrogens is 276 g/mol. The van der Waals surface area contributed by atoms with Gasteiger partial charge in [0.15, 0.2) is 0 Å². The van der Waals surface area contributed by atoms with Crippen LogP contribution < -0.4 is 5.32 Å². The number of nitro groups is 1. The molecule has 1 unspecified atom stereocenters. The summed E-state index contributed by atoms with van der Waals surface area (Å²) in [6, 6.07) is 1.10. The lowest BCUT2D eigenvalue weighted by Gasteiger charge is -2.28. The minimum absolute atomic E-state index is 0.142. The van der Waals surface area contributed by atoms with Gasteiger partial charge in [0, 0.05) is 26.8 Å². The second kappa shape index (κ2) is 7.53. The zero-order valence-electron chi connectivity index (χ0n) is 12.6. The molecule has 0 saturated heterocycles. The Balaban J connectivity index is 3.19. The number of pyridine rings is 1. The molecule has 0 aliphatic rings. The first-order valence-electron chi connectivity index (χ1n) is 6.58. The number of methoxy groups -OCH3 is 1. The quantitative estimate of drug-likeness (QED) is 0.605. The van der Waals surface area contributed by atoms with E-state index < -0.39 is 4.92 Å². The molecule has 1 N–H and O–H groups in total. The molecular formula is C13H20N4O4. The number of hydrogen-bond acceptors (Lipinski definition) is 6. The van der Waals surface area contributed by atoms with Crippen LogP contribution in [-0.4, -0.2) is 54.1 Å². The fourth-order valence-electron chi connectivity index (χ4n) is 2.06. The summed E-state index contributed by atoms with van der Waals surface area (Å²) in [6.07, 6.45) is 1.12. The van der Waals surface area contributed by atoms with Crippen LogP contribution in [0.25, 0.3) is 0 Å². The number of rotatable bonds is 7. The Morgan fingerprint density at radius 2 is 2.29 bits per heavy atom. The molecule has 1 aromatic heterocycles. The van der Waals surface area contributed by atoms with Gasteiger partial charge in [0.1, 0.15) is 12.0 Å². The highest BCUT2D eigenvalue weighted by Crippen LogP contribution is 2.21. The van der Waals surface area contributed by atoms with Gasteiger partial charge >= 0.3 is 0 Å². The van der Waals surface area contributed by atoms with Crippen molar-refractivity contribution in [2.24, 2.45) is 0 Å². The van der Waals surface area contributed by atoms with Gasteiger partial charge in [-0.3, -0.25) is 14.9 Å². The number of likely N-dealkylation sites (N-methyl/N-ethyl adjacent to an activating group) is 1. The van der Waals surface area contributed by atoms with E-state index in [4.69, 9.17) is 4.74 Å². The first-order chi connectivity index (χ1) is 9.96. The Morgan fingerprint density at radius 1 is 1.62 bits per heavy atom. The van der Waals surface area contributed by atoms with E-state index in [1.807, 2.05) is 13.8 Å². The van der Waals surface area contributed by atoms with E-state index in [0.29, 0.717) is 19.0 Å². The summed E-state index contributed by atoms with van der Waals surface area (Å²) in [4.78, 5) is 28.4. The average molecular weight is 296 g/mol. The Morgan fingerprint density at radius 3 is 2.76 bits per heavy atom. The standard InChI is InChI=1S/C13H20N4O4/c1-5-16(9(2)8-21-4)13(18)11-6-10(17(19)20)7-15-12(11)14-3/h6-7,9H,5,8H2,1-4H3,(H,14,15). The fraction of sp³-hybridized carbons (Fsp3) is 0.538. The number of hydrogen-bond donors (Lipinski definition) is 1. The normalized spacial score (nSPS) is 11.8. The van der Waals surface area contributed by atoms with Gasteiger partial charge in [-0.05, 0) is 13.8 Å². The van der Waals surface area contributed by atoms with Gasteiger partial charge in [0.05, 0.1) is 23.1 Å². The molecule has 1 atom stereocenters. The van der Waals surface area contributed by atoms with Gasteiger partial charge in [0.2, 0.25) is 0 Å². The number of ether oxygens (including phenoxy) is 1. The Labute approximate surface area is 123 Å². The molecule has 1 rings (SSSR count). The molecule has 1 aromatic rings. The molecule has 0 aliphatic heterocycles. The topological polar surface area (TPSA) is 97.6 Å². The van der Waals surface area contributed by atoms with Gasteiger partial charge in [-0.1, -0.05) is 0 Å². The summed E-state index contributed by atoms with van der Waals surface area (Å²) < 4.78 is 5.06. The highest BCUT2D eigenvalue weighted by molar-refractivity contribution is 5.99. The number of carbonyl (C=O) groups excluding carboxylic acids is 1. The molecule has 0 aliphatic carbocycles. The van der Waals surface area contributed by atoms with Gasteiger partial charge in [-0.2, -0.15) is 0 Å². The summed E-state index contributed by atoms with van der Waals surface area (Å²) in [5, 5.41) is 13.6. The predicted molar refractivity (Wildman–Crippen MR) is 78.5 cm³/mol. The van der Waals surface area contributed by atoms with E-state index in [2.05, 4.69) is 10.3 Å². The molecule has 0 radical (unpaired) electrons. The zero-order valence-corrected chi connectivity index (χ0v) is 12.6. The number of nitrogens with one attached hydrogen (secondary N) is 1. The third-order valence-electron chi connectivity index (χ3n) is 3.09. The third-order valence-corrected chi connectivity index (χ3v) is 3.09. The van der Waals surface area contributed by atoms with Crippen LogP contribution in [0.15, 0.2) is 12.3 Å². The molecule has 8 heteroatoms. The van der Waals surface area contributed by atoms with Gasteiger partial charge in [-0.15, -0.1) is 0 Å². The van der Waals surface area contributed by atoms with Crippen molar-refractivity contribution in [3.63, 3.8) is 0 Å². The fourth-order valence-corrected chi connectivity index (χ4v) is 2.06. The van der Waals surface area contributed by atoms with Crippen LogP contribution in [-0.2, 0) is 4.74 Å². The molecule has 1 amide bonds. The zero-order chi connectivity index (χ0) is 16.0. The van der Waals surface area contributed by atoms with Crippen LogP contribution in [0.5, 0.6) is 0 Å². The molecule has 0 saturated carbocycles. The van der Waals surface area contributed by atoms with Gasteiger partial charge in [-0.25, -0.2) is 4.98 Å². The lowest BCUT2D eigenvalue weighted by Crippen LogP contribution is -2.41. The number of carbonyl (C=O) groups is 1. The predicted octanol–water partition coefficient (Wildman–Crippen LogP) is 1.53. The van der Waals surface area contributed by atoms with E-state index in [1.165, 1.54) is 6.07 Å². The second-order valence-electron chi connectivity index (χ2n) is 4.49. The second-order valence-corrected chi connectivity index (χ2v) is 4.49. The summed E-state index contributed by atoms with van der Waals surface area (Å²) in [5.74, 6) is -0.00346. The van der Waals surface area contributed by atoms with Crippen LogP contribution in [0.4, 0.5) is 11.5 Å². The Hall–Kier alpha value is -2.22. The van der Waals surface area contributed by atoms with Crippen LogP contribution in [0.1, 0.15) is 24.2 Å². The third kappa shape index (κ3) is 3.88. The first-order valence-corrected chi connectivity index (χ1v) is 6.58. The molecule has 0 spiro atoms. The van der Waals surface area contributed by atoms with Crippen LogP contribution >= 0.6 is 0 Å². The minimum Gasteiger partial charge on any atom is -0.383 e. The van der Waals surface area contributed by atoms with Crippen LogP contribution in [0.2, 0.25) is 0 Å². The van der Waals surface area contributed by atoms with Crippen molar-refractivity contribution in [2.45, 2.75) is 19.9 Å². The number of nitrogens with zero attached hydrogens (tertiary/aromatic N) is 3. The van der Waals surface area contributed by atoms with Crippen molar-refractivity contribution in [3.8, 4) is 0 Å². The van der Waals surface area contributed by atoms with Crippen molar-refractivity contribution in [1.82, 2.24) is 9.88 Å². The molecule has 116 valence electrons. The molecule has 8 nitrogen and oxygen atoms in total. The smallest absolute Gasteiger partial charge is 0.288 e. The summed E-state index contributed by atoms with van der Waals surface area (Å²) in [5.41, 5.74) is -0.0377.